The Labute approximate surface area is 117 Å². The summed E-state index contributed by atoms with van der Waals surface area (Å²) in [4.78, 5) is 3.65. The standard InChI is InChI=1S/C9H7BrClN3O3S/c10-6-3-8(9(11)12-4-6)18(15,16)14-5-7-1-2-13-17-7/h1-4,14H,5H2. The Morgan fingerprint density at radius 3 is 2.94 bits per heavy atom. The lowest BCUT2D eigenvalue weighted by Crippen LogP contribution is -2.23. The van der Waals surface area contributed by atoms with Gasteiger partial charge in [0.25, 0.3) is 0 Å². The molecule has 2 heterocycles. The first kappa shape index (κ1) is 13.5. The quantitative estimate of drug-likeness (QED) is 0.850. The Hall–Kier alpha value is -0.960. The van der Waals surface area contributed by atoms with Crippen LogP contribution in [-0.2, 0) is 16.6 Å². The first-order valence-electron chi connectivity index (χ1n) is 4.69. The van der Waals surface area contributed by atoms with Crippen LogP contribution >= 0.6 is 27.5 Å². The fourth-order valence-electron chi connectivity index (χ4n) is 1.17. The largest absolute Gasteiger partial charge is 0.360 e. The lowest BCUT2D eigenvalue weighted by atomic mass is 10.5. The number of sulfonamides is 1. The van der Waals surface area contributed by atoms with Crippen LogP contribution in [-0.4, -0.2) is 18.6 Å². The molecule has 2 aromatic heterocycles. The first-order chi connectivity index (χ1) is 8.49. The monoisotopic (exact) mass is 351 g/mol. The van der Waals surface area contributed by atoms with Gasteiger partial charge in [0, 0.05) is 16.7 Å². The van der Waals surface area contributed by atoms with Crippen LogP contribution in [0.3, 0.4) is 0 Å². The van der Waals surface area contributed by atoms with E-state index in [9.17, 15) is 8.42 Å². The zero-order chi connectivity index (χ0) is 13.2. The Bertz CT molecular complexity index is 645. The third-order valence-corrected chi connectivity index (χ3v) is 4.25. The minimum absolute atomic E-state index is 0.00875. The van der Waals surface area contributed by atoms with Crippen molar-refractivity contribution in [1.82, 2.24) is 14.9 Å². The summed E-state index contributed by atoms with van der Waals surface area (Å²) in [5.74, 6) is 0.401. The van der Waals surface area contributed by atoms with Crippen LogP contribution < -0.4 is 4.72 Å². The SMILES string of the molecule is O=S(=O)(NCc1ccno1)c1cc(Br)cnc1Cl. The molecule has 0 aliphatic heterocycles. The van der Waals surface area contributed by atoms with Gasteiger partial charge in [-0.2, -0.15) is 0 Å². The van der Waals surface area contributed by atoms with Crippen LogP contribution in [0.15, 0.2) is 38.4 Å². The van der Waals surface area contributed by atoms with Gasteiger partial charge in [0.05, 0.1) is 12.7 Å². The van der Waals surface area contributed by atoms with E-state index in [4.69, 9.17) is 16.1 Å². The van der Waals surface area contributed by atoms with Gasteiger partial charge in [0.2, 0.25) is 10.0 Å². The number of rotatable bonds is 4. The van der Waals surface area contributed by atoms with Gasteiger partial charge in [-0.25, -0.2) is 18.1 Å². The maximum Gasteiger partial charge on any atom is 0.244 e. The molecule has 0 amide bonds. The lowest BCUT2D eigenvalue weighted by Gasteiger charge is -2.06. The molecule has 0 bridgehead atoms. The van der Waals surface area contributed by atoms with Gasteiger partial charge in [-0.3, -0.25) is 0 Å². The van der Waals surface area contributed by atoms with E-state index in [0.717, 1.165) is 0 Å². The molecule has 0 aliphatic rings. The van der Waals surface area contributed by atoms with Gasteiger partial charge in [0.1, 0.15) is 10.0 Å². The summed E-state index contributed by atoms with van der Waals surface area (Å²) in [6.07, 6.45) is 2.84. The van der Waals surface area contributed by atoms with Gasteiger partial charge < -0.3 is 4.52 Å². The van der Waals surface area contributed by atoms with Crippen LogP contribution in [0.25, 0.3) is 0 Å². The molecule has 0 aromatic carbocycles. The number of nitrogens with zero attached hydrogens (tertiary/aromatic N) is 2. The second kappa shape index (κ2) is 5.35. The molecule has 6 nitrogen and oxygen atoms in total. The van der Waals surface area contributed by atoms with Crippen molar-refractivity contribution < 1.29 is 12.9 Å². The fraction of sp³-hybridized carbons (Fsp3) is 0.111. The van der Waals surface area contributed by atoms with Gasteiger partial charge in [0.15, 0.2) is 5.76 Å². The van der Waals surface area contributed by atoms with Crippen molar-refractivity contribution in [3.05, 3.63) is 39.9 Å². The van der Waals surface area contributed by atoms with E-state index in [1.54, 1.807) is 6.07 Å². The summed E-state index contributed by atoms with van der Waals surface area (Å²) in [6.45, 7) is -0.00875. The number of halogens is 2. The predicted molar refractivity (Wildman–Crippen MR) is 67.5 cm³/mol. The molecule has 9 heteroatoms. The lowest BCUT2D eigenvalue weighted by molar-refractivity contribution is 0.380. The summed E-state index contributed by atoms with van der Waals surface area (Å²) < 4.78 is 31.6. The highest BCUT2D eigenvalue weighted by Gasteiger charge is 2.19. The van der Waals surface area contributed by atoms with Crippen LogP contribution in [0, 0.1) is 0 Å². The van der Waals surface area contributed by atoms with Crippen molar-refractivity contribution in [1.29, 1.82) is 0 Å². The van der Waals surface area contributed by atoms with E-state index >= 15 is 0 Å². The molecule has 0 saturated carbocycles. The zero-order valence-corrected chi connectivity index (χ0v) is 12.0. The maximum atomic E-state index is 12.0. The van der Waals surface area contributed by atoms with Gasteiger partial charge in [-0.1, -0.05) is 16.8 Å². The van der Waals surface area contributed by atoms with E-state index in [1.807, 2.05) is 0 Å². The molecule has 0 atom stereocenters. The van der Waals surface area contributed by atoms with Crippen LogP contribution in [0.2, 0.25) is 5.15 Å². The number of hydrogen-bond donors (Lipinski definition) is 1. The summed E-state index contributed by atoms with van der Waals surface area (Å²) in [5, 5.41) is 3.38. The summed E-state index contributed by atoms with van der Waals surface area (Å²) in [7, 11) is -3.75. The number of aromatic nitrogens is 2. The molecule has 0 spiro atoms. The van der Waals surface area contributed by atoms with E-state index in [2.05, 4.69) is 30.8 Å². The van der Waals surface area contributed by atoms with Crippen molar-refractivity contribution >= 4 is 37.6 Å². The highest BCUT2D eigenvalue weighted by Crippen LogP contribution is 2.22. The highest BCUT2D eigenvalue weighted by molar-refractivity contribution is 9.10. The van der Waals surface area contributed by atoms with E-state index in [-0.39, 0.29) is 16.6 Å². The summed E-state index contributed by atoms with van der Waals surface area (Å²) in [5.41, 5.74) is 0. The van der Waals surface area contributed by atoms with Gasteiger partial charge >= 0.3 is 0 Å². The number of nitrogens with one attached hydrogen (secondary N) is 1. The molecule has 18 heavy (non-hydrogen) atoms. The predicted octanol–water partition coefficient (Wildman–Crippen LogP) is 1.96. The zero-order valence-electron chi connectivity index (χ0n) is 8.80. The molecule has 0 radical (unpaired) electrons. The molecule has 2 rings (SSSR count). The van der Waals surface area contributed by atoms with Gasteiger partial charge in [-0.05, 0) is 22.0 Å². The van der Waals surface area contributed by atoms with E-state index in [1.165, 1.54) is 18.5 Å². The van der Waals surface area contributed by atoms with Gasteiger partial charge in [-0.15, -0.1) is 0 Å². The summed E-state index contributed by atoms with van der Waals surface area (Å²) in [6, 6.07) is 2.93. The smallest absolute Gasteiger partial charge is 0.244 e. The molecule has 1 N–H and O–H groups in total. The Balaban J connectivity index is 2.22. The minimum atomic E-state index is -3.75. The molecule has 0 aliphatic carbocycles. The molecular formula is C9H7BrClN3O3S. The van der Waals surface area contributed by atoms with E-state index in [0.29, 0.717) is 10.2 Å². The topological polar surface area (TPSA) is 85.1 Å². The third kappa shape index (κ3) is 3.08. The Morgan fingerprint density at radius 1 is 1.50 bits per heavy atom. The van der Waals surface area contributed by atoms with Crippen molar-refractivity contribution in [2.45, 2.75) is 11.4 Å². The number of hydrogen-bond acceptors (Lipinski definition) is 5. The average Bonchev–Trinajstić information content (AvgIpc) is 2.83. The van der Waals surface area contributed by atoms with Crippen molar-refractivity contribution in [2.24, 2.45) is 0 Å². The Kier molecular flexibility index (Phi) is 4.00. The fourth-order valence-corrected chi connectivity index (χ4v) is 3.10. The van der Waals surface area contributed by atoms with Crippen molar-refractivity contribution in [2.75, 3.05) is 0 Å². The van der Waals surface area contributed by atoms with E-state index < -0.39 is 10.0 Å². The molecule has 0 unspecified atom stereocenters. The minimum Gasteiger partial charge on any atom is -0.360 e. The average molecular weight is 353 g/mol. The van der Waals surface area contributed by atoms with Crippen LogP contribution in [0.5, 0.6) is 0 Å². The second-order valence-electron chi connectivity index (χ2n) is 3.25. The molecule has 0 fully saturated rings. The Morgan fingerprint density at radius 2 is 2.28 bits per heavy atom. The first-order valence-corrected chi connectivity index (χ1v) is 7.35. The maximum absolute atomic E-state index is 12.0. The highest BCUT2D eigenvalue weighted by atomic mass is 79.9. The van der Waals surface area contributed by atoms with Crippen LogP contribution in [0.4, 0.5) is 0 Å². The van der Waals surface area contributed by atoms with Crippen molar-refractivity contribution in [3.63, 3.8) is 0 Å². The van der Waals surface area contributed by atoms with Crippen LogP contribution in [0.1, 0.15) is 5.76 Å². The second-order valence-corrected chi connectivity index (χ2v) is 6.25. The third-order valence-electron chi connectivity index (χ3n) is 1.99. The number of pyridine rings is 1. The summed E-state index contributed by atoms with van der Waals surface area (Å²) >= 11 is 8.89. The molecule has 0 saturated heterocycles. The van der Waals surface area contributed by atoms with Crippen molar-refractivity contribution in [3.8, 4) is 0 Å². The molecule has 96 valence electrons. The normalized spacial score (nSPS) is 11.7. The molecule has 2 aromatic rings. The molecular weight excluding hydrogens is 346 g/mol.